The summed E-state index contributed by atoms with van der Waals surface area (Å²) in [6.07, 6.45) is -3.96. The fourth-order valence-electron chi connectivity index (χ4n) is 1.89. The molecule has 0 amide bonds. The van der Waals surface area contributed by atoms with Gasteiger partial charge in [-0.1, -0.05) is 19.0 Å². The summed E-state index contributed by atoms with van der Waals surface area (Å²) in [6, 6.07) is 0. The second-order valence-corrected chi connectivity index (χ2v) is 5.68. The highest BCUT2D eigenvalue weighted by molar-refractivity contribution is 5.27. The molecular formula is C14H19F3N4O3. The number of aromatic nitrogens is 4. The summed E-state index contributed by atoms with van der Waals surface area (Å²) in [5.41, 5.74) is -0.976. The average molecular weight is 348 g/mol. The molecule has 2 aromatic heterocycles. The van der Waals surface area contributed by atoms with E-state index in [-0.39, 0.29) is 18.6 Å². The van der Waals surface area contributed by atoms with Gasteiger partial charge in [0.1, 0.15) is 6.10 Å². The first kappa shape index (κ1) is 18.2. The molecule has 7 nitrogen and oxygen atoms in total. The van der Waals surface area contributed by atoms with Crippen molar-refractivity contribution in [3.63, 3.8) is 0 Å². The number of ether oxygens (including phenoxy) is 2. The molecule has 10 heteroatoms. The standard InChI is InChI=1S/C14H19F3N4O3/c1-8(2)6-22-9(3)13-19-11(24-20-13)7-23-10-5-18-21(4)12(10)14(15,16)17/h5,8-9H,6-7H2,1-4H3/t9-/m1/s1. The molecule has 0 spiro atoms. The molecule has 0 aliphatic rings. The van der Waals surface area contributed by atoms with Crippen LogP contribution in [0, 0.1) is 5.92 Å². The van der Waals surface area contributed by atoms with Crippen molar-refractivity contribution in [2.24, 2.45) is 13.0 Å². The summed E-state index contributed by atoms with van der Waals surface area (Å²) in [5, 5.41) is 7.30. The fourth-order valence-corrected chi connectivity index (χ4v) is 1.89. The van der Waals surface area contributed by atoms with Crippen molar-refractivity contribution < 1.29 is 27.2 Å². The molecule has 0 unspecified atom stereocenters. The number of alkyl halides is 3. The molecule has 134 valence electrons. The minimum absolute atomic E-state index is 0.0574. The van der Waals surface area contributed by atoms with Gasteiger partial charge in [-0.2, -0.15) is 23.3 Å². The van der Waals surface area contributed by atoms with Crippen molar-refractivity contribution >= 4 is 0 Å². The number of hydrogen-bond donors (Lipinski definition) is 0. The predicted octanol–water partition coefficient (Wildman–Crippen LogP) is 3.13. The van der Waals surface area contributed by atoms with Crippen molar-refractivity contribution in [2.45, 2.75) is 39.7 Å². The molecule has 0 saturated heterocycles. The lowest BCUT2D eigenvalue weighted by atomic mass is 10.2. The quantitative estimate of drug-likeness (QED) is 0.765. The molecule has 0 radical (unpaired) electrons. The summed E-state index contributed by atoms with van der Waals surface area (Å²) < 4.78 is 55.1. The largest absolute Gasteiger partial charge is 0.480 e. The third-order valence-electron chi connectivity index (χ3n) is 3.05. The summed E-state index contributed by atoms with van der Waals surface area (Å²) in [4.78, 5) is 4.07. The van der Waals surface area contributed by atoms with Crippen LogP contribution in [-0.4, -0.2) is 26.5 Å². The topological polar surface area (TPSA) is 75.2 Å². The van der Waals surface area contributed by atoms with E-state index < -0.39 is 17.6 Å². The van der Waals surface area contributed by atoms with Gasteiger partial charge in [-0.25, -0.2) is 0 Å². The molecule has 0 bridgehead atoms. The van der Waals surface area contributed by atoms with Crippen molar-refractivity contribution in [3.8, 4) is 5.75 Å². The van der Waals surface area contributed by atoms with Gasteiger partial charge in [-0.05, 0) is 12.8 Å². The van der Waals surface area contributed by atoms with E-state index in [2.05, 4.69) is 15.2 Å². The monoisotopic (exact) mass is 348 g/mol. The van der Waals surface area contributed by atoms with E-state index in [4.69, 9.17) is 14.0 Å². The molecule has 0 fully saturated rings. The van der Waals surface area contributed by atoms with Crippen molar-refractivity contribution in [2.75, 3.05) is 6.61 Å². The van der Waals surface area contributed by atoms with Gasteiger partial charge < -0.3 is 14.0 Å². The van der Waals surface area contributed by atoms with E-state index in [0.29, 0.717) is 23.0 Å². The SMILES string of the molecule is CC(C)CO[C@H](C)c1noc(COc2cnn(C)c2C(F)(F)F)n1. The Morgan fingerprint density at radius 2 is 2.00 bits per heavy atom. The van der Waals surface area contributed by atoms with Crippen LogP contribution in [0.3, 0.4) is 0 Å². The minimum Gasteiger partial charge on any atom is -0.480 e. The minimum atomic E-state index is -4.57. The van der Waals surface area contributed by atoms with Gasteiger partial charge in [0.2, 0.25) is 0 Å². The summed E-state index contributed by atoms with van der Waals surface area (Å²) in [5.74, 6) is 0.334. The lowest BCUT2D eigenvalue weighted by Crippen LogP contribution is -2.13. The Labute approximate surface area is 136 Å². The van der Waals surface area contributed by atoms with Crippen LogP contribution < -0.4 is 4.74 Å². The van der Waals surface area contributed by atoms with Gasteiger partial charge >= 0.3 is 6.18 Å². The number of nitrogens with zero attached hydrogens (tertiary/aromatic N) is 4. The van der Waals surface area contributed by atoms with Crippen LogP contribution in [0.5, 0.6) is 5.75 Å². The molecular weight excluding hydrogens is 329 g/mol. The van der Waals surface area contributed by atoms with Crippen LogP contribution in [0.25, 0.3) is 0 Å². The van der Waals surface area contributed by atoms with Gasteiger partial charge in [0.15, 0.2) is 23.9 Å². The maximum Gasteiger partial charge on any atom is 0.436 e. The molecule has 24 heavy (non-hydrogen) atoms. The third kappa shape index (κ3) is 4.47. The second kappa shape index (κ2) is 7.20. The van der Waals surface area contributed by atoms with Gasteiger partial charge in [0.05, 0.1) is 6.20 Å². The Kier molecular flexibility index (Phi) is 5.47. The third-order valence-corrected chi connectivity index (χ3v) is 3.05. The van der Waals surface area contributed by atoms with Crippen LogP contribution in [0.4, 0.5) is 13.2 Å². The molecule has 2 aromatic rings. The number of rotatable bonds is 7. The Morgan fingerprint density at radius 1 is 1.29 bits per heavy atom. The smallest absolute Gasteiger partial charge is 0.436 e. The van der Waals surface area contributed by atoms with Gasteiger partial charge in [0, 0.05) is 13.7 Å². The van der Waals surface area contributed by atoms with Crippen molar-refractivity contribution in [1.29, 1.82) is 0 Å². The first-order chi connectivity index (χ1) is 11.2. The van der Waals surface area contributed by atoms with Crippen LogP contribution in [-0.2, 0) is 24.6 Å². The van der Waals surface area contributed by atoms with Crippen molar-refractivity contribution in [1.82, 2.24) is 19.9 Å². The predicted molar refractivity (Wildman–Crippen MR) is 76.0 cm³/mol. The van der Waals surface area contributed by atoms with E-state index in [9.17, 15) is 13.2 Å². The summed E-state index contributed by atoms with van der Waals surface area (Å²) in [7, 11) is 1.19. The van der Waals surface area contributed by atoms with E-state index in [0.717, 1.165) is 6.20 Å². The molecule has 0 aromatic carbocycles. The van der Waals surface area contributed by atoms with Crippen LogP contribution in [0.15, 0.2) is 10.7 Å². The lowest BCUT2D eigenvalue weighted by Gasteiger charge is -2.10. The maximum atomic E-state index is 12.9. The molecule has 0 saturated carbocycles. The van der Waals surface area contributed by atoms with Crippen LogP contribution in [0.1, 0.15) is 44.3 Å². The number of aryl methyl sites for hydroxylation is 1. The van der Waals surface area contributed by atoms with Gasteiger partial charge in [0.25, 0.3) is 5.89 Å². The maximum absolute atomic E-state index is 12.9. The van der Waals surface area contributed by atoms with E-state index in [1.54, 1.807) is 6.92 Å². The van der Waals surface area contributed by atoms with E-state index in [1.807, 2.05) is 13.8 Å². The zero-order valence-corrected chi connectivity index (χ0v) is 13.8. The second-order valence-electron chi connectivity index (χ2n) is 5.68. The first-order valence-electron chi connectivity index (χ1n) is 7.34. The zero-order chi connectivity index (χ0) is 17.9. The first-order valence-corrected chi connectivity index (χ1v) is 7.34. The highest BCUT2D eigenvalue weighted by Crippen LogP contribution is 2.35. The molecule has 1 atom stereocenters. The highest BCUT2D eigenvalue weighted by atomic mass is 19.4. The molecule has 0 aliphatic carbocycles. The highest BCUT2D eigenvalue weighted by Gasteiger charge is 2.38. The molecule has 0 aliphatic heterocycles. The Bertz CT molecular complexity index is 667. The van der Waals surface area contributed by atoms with Gasteiger partial charge in [-0.15, -0.1) is 0 Å². The Balaban J connectivity index is 1.99. The Hall–Kier alpha value is -2.10. The summed E-state index contributed by atoms with van der Waals surface area (Å²) >= 11 is 0. The zero-order valence-electron chi connectivity index (χ0n) is 13.8. The average Bonchev–Trinajstić information content (AvgIpc) is 3.08. The van der Waals surface area contributed by atoms with E-state index >= 15 is 0 Å². The summed E-state index contributed by atoms with van der Waals surface area (Å²) in [6.45, 7) is 6.02. The lowest BCUT2D eigenvalue weighted by molar-refractivity contribution is -0.145. The van der Waals surface area contributed by atoms with Crippen molar-refractivity contribution in [3.05, 3.63) is 23.6 Å². The number of hydrogen-bond acceptors (Lipinski definition) is 6. The van der Waals surface area contributed by atoms with Gasteiger partial charge in [-0.3, -0.25) is 4.68 Å². The Morgan fingerprint density at radius 3 is 2.62 bits per heavy atom. The van der Waals surface area contributed by atoms with Crippen LogP contribution in [0.2, 0.25) is 0 Å². The van der Waals surface area contributed by atoms with Crippen LogP contribution >= 0.6 is 0 Å². The molecule has 2 rings (SSSR count). The number of halogens is 3. The fraction of sp³-hybridized carbons (Fsp3) is 0.643. The molecule has 2 heterocycles. The normalized spacial score (nSPS) is 13.5. The molecule has 0 N–H and O–H groups in total. The van der Waals surface area contributed by atoms with E-state index in [1.165, 1.54) is 7.05 Å².